The molecule has 2 aromatic rings. The van der Waals surface area contributed by atoms with Crippen LogP contribution < -0.4 is 10.5 Å². The van der Waals surface area contributed by atoms with Crippen LogP contribution >= 0.6 is 0 Å². The molecule has 1 aliphatic carbocycles. The highest BCUT2D eigenvalue weighted by Crippen LogP contribution is 2.38. The summed E-state index contributed by atoms with van der Waals surface area (Å²) in [7, 11) is 0. The smallest absolute Gasteiger partial charge is 0.143 e. The molecule has 0 saturated carbocycles. The monoisotopic (exact) mass is 216 g/mol. The van der Waals surface area contributed by atoms with Gasteiger partial charge in [0.2, 0.25) is 0 Å². The second kappa shape index (κ2) is 3.52. The van der Waals surface area contributed by atoms with Gasteiger partial charge in [0.15, 0.2) is 0 Å². The molecule has 1 aromatic carbocycles. The number of H-pyrrole nitrogens is 1. The van der Waals surface area contributed by atoms with Crippen molar-refractivity contribution in [1.82, 2.24) is 4.98 Å². The summed E-state index contributed by atoms with van der Waals surface area (Å²) < 4.78 is 5.62. The first-order chi connectivity index (χ1) is 7.81. The molecule has 1 atom stereocenters. The molecule has 0 aliphatic heterocycles. The van der Waals surface area contributed by atoms with Gasteiger partial charge >= 0.3 is 0 Å². The standard InChI is InChI=1S/C13H16N2O/c1-2-16-11-6-4-9-10(14)5-3-8-7-15-13(11)12(8)9/h4,6-7,10,15H,2-3,5,14H2,1H3. The van der Waals surface area contributed by atoms with Crippen LogP contribution in [0.15, 0.2) is 18.3 Å². The fourth-order valence-electron chi connectivity index (χ4n) is 2.57. The third-order valence-corrected chi connectivity index (χ3v) is 3.34. The van der Waals surface area contributed by atoms with E-state index in [1.807, 2.05) is 13.0 Å². The molecule has 0 saturated heterocycles. The Morgan fingerprint density at radius 1 is 1.50 bits per heavy atom. The van der Waals surface area contributed by atoms with Gasteiger partial charge in [-0.3, -0.25) is 0 Å². The van der Waals surface area contributed by atoms with Gasteiger partial charge in [-0.05, 0) is 37.0 Å². The van der Waals surface area contributed by atoms with Gasteiger partial charge in [0.1, 0.15) is 5.75 Å². The second-order valence-electron chi connectivity index (χ2n) is 4.30. The van der Waals surface area contributed by atoms with Crippen molar-refractivity contribution in [3.63, 3.8) is 0 Å². The SMILES string of the molecule is CCOc1ccc2c3c(c[nH]c13)CCC2N. The molecule has 1 aromatic heterocycles. The topological polar surface area (TPSA) is 51.0 Å². The van der Waals surface area contributed by atoms with Gasteiger partial charge in [-0.15, -0.1) is 0 Å². The quantitative estimate of drug-likeness (QED) is 0.810. The van der Waals surface area contributed by atoms with Crippen molar-refractivity contribution in [1.29, 1.82) is 0 Å². The Labute approximate surface area is 94.6 Å². The number of rotatable bonds is 2. The molecule has 3 heteroatoms. The molecule has 0 fully saturated rings. The minimum absolute atomic E-state index is 0.168. The highest BCUT2D eigenvalue weighted by atomic mass is 16.5. The van der Waals surface area contributed by atoms with Crippen LogP contribution in [-0.2, 0) is 6.42 Å². The molecule has 84 valence electrons. The Morgan fingerprint density at radius 2 is 2.38 bits per heavy atom. The van der Waals surface area contributed by atoms with Crippen LogP contribution in [-0.4, -0.2) is 11.6 Å². The summed E-state index contributed by atoms with van der Waals surface area (Å²) >= 11 is 0. The molecule has 1 aliphatic rings. The summed E-state index contributed by atoms with van der Waals surface area (Å²) in [6.45, 7) is 2.69. The van der Waals surface area contributed by atoms with E-state index in [9.17, 15) is 0 Å². The van der Waals surface area contributed by atoms with Crippen LogP contribution in [0.4, 0.5) is 0 Å². The Hall–Kier alpha value is -1.48. The van der Waals surface area contributed by atoms with E-state index in [1.165, 1.54) is 16.5 Å². The van der Waals surface area contributed by atoms with Gasteiger partial charge in [0.05, 0.1) is 12.1 Å². The summed E-state index contributed by atoms with van der Waals surface area (Å²) in [6, 6.07) is 4.29. The predicted octanol–water partition coefficient (Wildman–Crippen LogP) is 2.51. The van der Waals surface area contributed by atoms with Crippen molar-refractivity contribution < 1.29 is 4.74 Å². The third-order valence-electron chi connectivity index (χ3n) is 3.34. The number of hydrogen-bond acceptors (Lipinski definition) is 2. The number of aromatic nitrogens is 1. The summed E-state index contributed by atoms with van der Waals surface area (Å²) in [5.74, 6) is 0.932. The van der Waals surface area contributed by atoms with E-state index >= 15 is 0 Å². The third kappa shape index (κ3) is 1.25. The normalized spacial score (nSPS) is 19.0. The number of nitrogens with two attached hydrogens (primary N) is 1. The summed E-state index contributed by atoms with van der Waals surface area (Å²) in [5.41, 5.74) is 9.85. The zero-order valence-corrected chi connectivity index (χ0v) is 9.42. The van der Waals surface area contributed by atoms with Crippen molar-refractivity contribution in [2.75, 3.05) is 6.61 Å². The summed E-state index contributed by atoms with van der Waals surface area (Å²) in [4.78, 5) is 3.31. The van der Waals surface area contributed by atoms with E-state index in [0.29, 0.717) is 6.61 Å². The number of aromatic amines is 1. The number of benzene rings is 1. The molecule has 3 rings (SSSR count). The molecule has 3 nitrogen and oxygen atoms in total. The van der Waals surface area contributed by atoms with Gasteiger partial charge in [-0.1, -0.05) is 6.07 Å². The van der Waals surface area contributed by atoms with Crippen molar-refractivity contribution >= 4 is 10.9 Å². The predicted molar refractivity (Wildman–Crippen MR) is 64.7 cm³/mol. The Bertz CT molecular complexity index is 530. The maximum atomic E-state index is 6.13. The van der Waals surface area contributed by atoms with Crippen molar-refractivity contribution in [2.45, 2.75) is 25.8 Å². The minimum atomic E-state index is 0.168. The van der Waals surface area contributed by atoms with Crippen LogP contribution in [0, 0.1) is 0 Å². The van der Waals surface area contributed by atoms with E-state index < -0.39 is 0 Å². The van der Waals surface area contributed by atoms with E-state index in [-0.39, 0.29) is 6.04 Å². The molecule has 1 unspecified atom stereocenters. The number of aryl methyl sites for hydroxylation is 1. The van der Waals surface area contributed by atoms with E-state index in [2.05, 4.69) is 17.2 Å². The Morgan fingerprint density at radius 3 is 3.19 bits per heavy atom. The van der Waals surface area contributed by atoms with Crippen LogP contribution in [0.1, 0.15) is 30.5 Å². The highest BCUT2D eigenvalue weighted by Gasteiger charge is 2.21. The van der Waals surface area contributed by atoms with E-state index in [1.54, 1.807) is 0 Å². The largest absolute Gasteiger partial charge is 0.492 e. The van der Waals surface area contributed by atoms with Crippen molar-refractivity contribution in [3.8, 4) is 5.75 Å². The van der Waals surface area contributed by atoms with Crippen LogP contribution in [0.25, 0.3) is 10.9 Å². The van der Waals surface area contributed by atoms with Crippen LogP contribution in [0.5, 0.6) is 5.75 Å². The average molecular weight is 216 g/mol. The molecular weight excluding hydrogens is 200 g/mol. The first-order valence-corrected chi connectivity index (χ1v) is 5.82. The lowest BCUT2D eigenvalue weighted by Gasteiger charge is -2.20. The first-order valence-electron chi connectivity index (χ1n) is 5.82. The zero-order valence-electron chi connectivity index (χ0n) is 9.42. The first kappa shape index (κ1) is 9.73. The zero-order chi connectivity index (χ0) is 11.1. The fourth-order valence-corrected chi connectivity index (χ4v) is 2.57. The minimum Gasteiger partial charge on any atom is -0.492 e. The maximum absolute atomic E-state index is 6.13. The van der Waals surface area contributed by atoms with Crippen LogP contribution in [0.3, 0.4) is 0 Å². The number of ether oxygens (including phenoxy) is 1. The average Bonchev–Trinajstić information content (AvgIpc) is 2.71. The van der Waals surface area contributed by atoms with Gasteiger partial charge in [0, 0.05) is 17.6 Å². The highest BCUT2D eigenvalue weighted by molar-refractivity contribution is 5.92. The Balaban J connectivity index is 2.27. The maximum Gasteiger partial charge on any atom is 0.143 e. The lowest BCUT2D eigenvalue weighted by atomic mass is 9.89. The molecule has 0 amide bonds. The molecule has 0 bridgehead atoms. The summed E-state index contributed by atoms with van der Waals surface area (Å²) in [5, 5.41) is 1.28. The Kier molecular flexibility index (Phi) is 2.14. The lowest BCUT2D eigenvalue weighted by Crippen LogP contribution is -2.15. The molecule has 0 spiro atoms. The van der Waals surface area contributed by atoms with E-state index in [0.717, 1.165) is 24.1 Å². The molecular formula is C13H16N2O. The molecule has 3 N–H and O–H groups in total. The fraction of sp³-hybridized carbons (Fsp3) is 0.385. The van der Waals surface area contributed by atoms with Crippen molar-refractivity contribution in [3.05, 3.63) is 29.5 Å². The second-order valence-corrected chi connectivity index (χ2v) is 4.30. The number of hydrogen-bond donors (Lipinski definition) is 2. The molecule has 16 heavy (non-hydrogen) atoms. The van der Waals surface area contributed by atoms with E-state index in [4.69, 9.17) is 10.5 Å². The van der Waals surface area contributed by atoms with Crippen LogP contribution in [0.2, 0.25) is 0 Å². The van der Waals surface area contributed by atoms with Gasteiger partial charge < -0.3 is 15.5 Å². The van der Waals surface area contributed by atoms with Gasteiger partial charge in [0.25, 0.3) is 0 Å². The lowest BCUT2D eigenvalue weighted by molar-refractivity contribution is 0.343. The molecule has 0 radical (unpaired) electrons. The number of nitrogens with one attached hydrogen (secondary N) is 1. The van der Waals surface area contributed by atoms with Crippen molar-refractivity contribution in [2.24, 2.45) is 5.73 Å². The molecule has 1 heterocycles. The van der Waals surface area contributed by atoms with Gasteiger partial charge in [-0.25, -0.2) is 0 Å². The van der Waals surface area contributed by atoms with Gasteiger partial charge in [-0.2, -0.15) is 0 Å². The summed E-state index contributed by atoms with van der Waals surface area (Å²) in [6.07, 6.45) is 4.18.